The van der Waals surface area contributed by atoms with Crippen molar-refractivity contribution in [3.63, 3.8) is 0 Å². The Labute approximate surface area is 126 Å². The number of rotatable bonds is 6. The Hall–Kier alpha value is -1.67. The monoisotopic (exact) mass is 334 g/mol. The van der Waals surface area contributed by atoms with Gasteiger partial charge in [0, 0.05) is 34.4 Å². The zero-order valence-electron chi connectivity index (χ0n) is 11.5. The molecule has 1 N–H and O–H groups in total. The number of halogens is 1. The van der Waals surface area contributed by atoms with Gasteiger partial charge in [-0.25, -0.2) is 8.42 Å². The number of benzene rings is 1. The second-order valence-corrected chi connectivity index (χ2v) is 6.96. The number of nitro groups is 1. The molecule has 1 aromatic carbocycles. The van der Waals surface area contributed by atoms with Crippen LogP contribution in [-0.2, 0) is 9.05 Å². The maximum Gasteiger partial charge on any atom is 0.271 e. The summed E-state index contributed by atoms with van der Waals surface area (Å²) in [7, 11) is 1.02. The molecule has 0 aliphatic rings. The number of nitro benzene ring substituents is 1. The van der Waals surface area contributed by atoms with Crippen LogP contribution in [0, 0.1) is 10.1 Å². The molecule has 0 saturated carbocycles. The highest BCUT2D eigenvalue weighted by atomic mass is 35.7. The Balaban J connectivity index is 3.26. The molecule has 0 fully saturated rings. The van der Waals surface area contributed by atoms with Crippen molar-refractivity contribution < 1.29 is 18.1 Å². The number of hydrogen-bond acceptors (Lipinski definition) is 5. The van der Waals surface area contributed by atoms with Crippen LogP contribution in [0.25, 0.3) is 0 Å². The van der Waals surface area contributed by atoms with Crippen molar-refractivity contribution in [3.8, 4) is 0 Å². The van der Waals surface area contributed by atoms with E-state index in [-0.39, 0.29) is 11.6 Å². The second-order valence-electron chi connectivity index (χ2n) is 4.40. The quantitative estimate of drug-likeness (QED) is 0.488. The van der Waals surface area contributed by atoms with E-state index in [4.69, 9.17) is 10.7 Å². The molecule has 0 heterocycles. The van der Waals surface area contributed by atoms with Gasteiger partial charge in [-0.3, -0.25) is 14.9 Å². The Morgan fingerprint density at radius 2 is 1.90 bits per heavy atom. The third-order valence-corrected chi connectivity index (χ3v) is 4.30. The molecule has 116 valence electrons. The molecule has 0 saturated heterocycles. The van der Waals surface area contributed by atoms with Crippen molar-refractivity contribution in [2.75, 3.05) is 0 Å². The van der Waals surface area contributed by atoms with Gasteiger partial charge in [-0.2, -0.15) is 0 Å². The van der Waals surface area contributed by atoms with Crippen LogP contribution in [-0.4, -0.2) is 25.3 Å². The summed E-state index contributed by atoms with van der Waals surface area (Å²) in [6, 6.07) is 2.76. The van der Waals surface area contributed by atoms with Crippen LogP contribution in [0.4, 0.5) is 5.69 Å². The van der Waals surface area contributed by atoms with Crippen LogP contribution in [0.1, 0.15) is 37.0 Å². The molecule has 0 bridgehead atoms. The summed E-state index contributed by atoms with van der Waals surface area (Å²) in [4.78, 5) is 21.6. The number of non-ortho nitro benzene ring substituents is 1. The number of nitrogens with one attached hydrogen (secondary N) is 1. The smallest absolute Gasteiger partial charge is 0.271 e. The lowest BCUT2D eigenvalue weighted by molar-refractivity contribution is -0.385. The number of amides is 1. The third-order valence-electron chi connectivity index (χ3n) is 2.97. The van der Waals surface area contributed by atoms with E-state index in [0.717, 1.165) is 18.2 Å². The zero-order chi connectivity index (χ0) is 16.2. The molecule has 0 aromatic heterocycles. The molecule has 7 nitrogen and oxygen atoms in total. The van der Waals surface area contributed by atoms with Crippen molar-refractivity contribution in [2.45, 2.75) is 37.6 Å². The first-order valence-electron chi connectivity index (χ1n) is 6.24. The van der Waals surface area contributed by atoms with Crippen molar-refractivity contribution in [2.24, 2.45) is 0 Å². The van der Waals surface area contributed by atoms with E-state index in [9.17, 15) is 23.3 Å². The fourth-order valence-corrected chi connectivity index (χ4v) is 2.52. The van der Waals surface area contributed by atoms with Crippen molar-refractivity contribution in [3.05, 3.63) is 33.9 Å². The van der Waals surface area contributed by atoms with Crippen LogP contribution < -0.4 is 5.32 Å². The number of carbonyl (C=O) groups is 1. The number of carbonyl (C=O) groups excluding carboxylic acids is 1. The highest BCUT2D eigenvalue weighted by Crippen LogP contribution is 2.23. The molecule has 1 aromatic rings. The molecule has 0 spiro atoms. The van der Waals surface area contributed by atoms with Crippen LogP contribution in [0.3, 0.4) is 0 Å². The fourth-order valence-electron chi connectivity index (χ4n) is 1.72. The van der Waals surface area contributed by atoms with Gasteiger partial charge in [0.05, 0.1) is 9.82 Å². The van der Waals surface area contributed by atoms with Gasteiger partial charge in [0.25, 0.3) is 20.6 Å². The van der Waals surface area contributed by atoms with Gasteiger partial charge in [-0.1, -0.05) is 13.8 Å². The lowest BCUT2D eigenvalue weighted by Crippen LogP contribution is -2.33. The first kappa shape index (κ1) is 17.4. The van der Waals surface area contributed by atoms with E-state index in [2.05, 4.69) is 5.32 Å². The molecule has 0 aliphatic heterocycles. The van der Waals surface area contributed by atoms with E-state index in [1.54, 1.807) is 0 Å². The van der Waals surface area contributed by atoms with E-state index < -0.39 is 30.5 Å². The molecule has 0 radical (unpaired) electrons. The van der Waals surface area contributed by atoms with Crippen molar-refractivity contribution in [1.82, 2.24) is 5.32 Å². The number of nitrogens with zero attached hydrogens (tertiary/aromatic N) is 1. The van der Waals surface area contributed by atoms with E-state index in [0.29, 0.717) is 12.8 Å². The van der Waals surface area contributed by atoms with E-state index in [1.807, 2.05) is 13.8 Å². The largest absolute Gasteiger partial charge is 0.349 e. The van der Waals surface area contributed by atoms with Gasteiger partial charge in [0.1, 0.15) is 0 Å². The molecular formula is C12H15ClN2O5S. The Kier molecular flexibility index (Phi) is 5.68. The first-order chi connectivity index (χ1) is 9.68. The van der Waals surface area contributed by atoms with Gasteiger partial charge in [-0.15, -0.1) is 0 Å². The average molecular weight is 335 g/mol. The highest BCUT2D eigenvalue weighted by molar-refractivity contribution is 8.13. The third kappa shape index (κ3) is 4.68. The SMILES string of the molecule is CCC(CC)NC(=O)c1cc([N+](=O)[O-])cc(S(=O)(=O)Cl)c1. The Bertz CT molecular complexity index is 656. The summed E-state index contributed by atoms with van der Waals surface area (Å²) < 4.78 is 22.7. The maximum atomic E-state index is 12.1. The first-order valence-corrected chi connectivity index (χ1v) is 8.55. The zero-order valence-corrected chi connectivity index (χ0v) is 13.1. The minimum atomic E-state index is -4.17. The van der Waals surface area contributed by atoms with Gasteiger partial charge in [0.2, 0.25) is 0 Å². The molecule has 0 aliphatic carbocycles. The normalized spacial score (nSPS) is 11.4. The van der Waals surface area contributed by atoms with Gasteiger partial charge < -0.3 is 5.32 Å². The molecule has 9 heteroatoms. The molecule has 0 atom stereocenters. The topological polar surface area (TPSA) is 106 Å². The summed E-state index contributed by atoms with van der Waals surface area (Å²) >= 11 is 0. The van der Waals surface area contributed by atoms with Gasteiger partial charge >= 0.3 is 0 Å². The van der Waals surface area contributed by atoms with Crippen LogP contribution in [0.2, 0.25) is 0 Å². The lowest BCUT2D eigenvalue weighted by atomic mass is 10.1. The van der Waals surface area contributed by atoms with Crippen LogP contribution >= 0.6 is 10.7 Å². The van der Waals surface area contributed by atoms with Crippen molar-refractivity contribution in [1.29, 1.82) is 0 Å². The molecular weight excluding hydrogens is 320 g/mol. The number of hydrogen-bond donors (Lipinski definition) is 1. The molecule has 1 rings (SSSR count). The average Bonchev–Trinajstić information content (AvgIpc) is 2.42. The summed E-state index contributed by atoms with van der Waals surface area (Å²) in [5.41, 5.74) is -0.623. The standard InChI is InChI=1S/C12H15ClN2O5S/c1-3-9(4-2)14-12(16)8-5-10(15(17)18)7-11(6-8)21(13,19)20/h5-7,9H,3-4H2,1-2H3,(H,14,16). The highest BCUT2D eigenvalue weighted by Gasteiger charge is 2.21. The minimum absolute atomic E-state index is 0.0900. The predicted molar refractivity (Wildman–Crippen MR) is 78.0 cm³/mol. The van der Waals surface area contributed by atoms with Crippen molar-refractivity contribution >= 4 is 31.3 Å². The fraction of sp³-hybridized carbons (Fsp3) is 0.417. The lowest BCUT2D eigenvalue weighted by Gasteiger charge is -2.14. The summed E-state index contributed by atoms with van der Waals surface area (Å²) in [6.45, 7) is 3.77. The molecule has 0 unspecified atom stereocenters. The summed E-state index contributed by atoms with van der Waals surface area (Å²) in [5, 5.41) is 13.5. The van der Waals surface area contributed by atoms with E-state index >= 15 is 0 Å². The van der Waals surface area contributed by atoms with Gasteiger partial charge in [0.15, 0.2) is 0 Å². The Morgan fingerprint density at radius 1 is 1.33 bits per heavy atom. The molecule has 21 heavy (non-hydrogen) atoms. The summed E-state index contributed by atoms with van der Waals surface area (Å²) in [6.07, 6.45) is 1.38. The maximum absolute atomic E-state index is 12.1. The minimum Gasteiger partial charge on any atom is -0.349 e. The van der Waals surface area contributed by atoms with Gasteiger partial charge in [-0.05, 0) is 18.9 Å². The Morgan fingerprint density at radius 3 is 2.33 bits per heavy atom. The van der Waals surface area contributed by atoms with E-state index in [1.165, 1.54) is 0 Å². The van der Waals surface area contributed by atoms with Crippen LogP contribution in [0.15, 0.2) is 23.1 Å². The second kappa shape index (κ2) is 6.86. The summed E-state index contributed by atoms with van der Waals surface area (Å²) in [5.74, 6) is -0.575. The predicted octanol–water partition coefficient (Wildman–Crippen LogP) is 2.44. The van der Waals surface area contributed by atoms with Crippen LogP contribution in [0.5, 0.6) is 0 Å². The molecule has 1 amide bonds.